The SMILES string of the molecule is Cc1cccc(-n2cc([N+](=O)[O-])nc2C)c1. The van der Waals surface area contributed by atoms with Gasteiger partial charge in [-0.2, -0.15) is 0 Å². The summed E-state index contributed by atoms with van der Waals surface area (Å²) in [6.07, 6.45) is 1.43. The third-order valence-corrected chi connectivity index (χ3v) is 2.34. The van der Waals surface area contributed by atoms with Crippen molar-refractivity contribution in [1.82, 2.24) is 9.55 Å². The summed E-state index contributed by atoms with van der Waals surface area (Å²) < 4.78 is 1.71. The van der Waals surface area contributed by atoms with E-state index >= 15 is 0 Å². The second kappa shape index (κ2) is 3.77. The van der Waals surface area contributed by atoms with Crippen LogP contribution in [-0.2, 0) is 0 Å². The van der Waals surface area contributed by atoms with Crippen molar-refractivity contribution in [2.24, 2.45) is 0 Å². The first kappa shape index (κ1) is 10.4. The summed E-state index contributed by atoms with van der Waals surface area (Å²) in [4.78, 5) is 14.0. The summed E-state index contributed by atoms with van der Waals surface area (Å²) in [5, 5.41) is 10.6. The van der Waals surface area contributed by atoms with Crippen LogP contribution in [0.5, 0.6) is 0 Å². The van der Waals surface area contributed by atoms with E-state index in [2.05, 4.69) is 4.98 Å². The molecule has 5 heteroatoms. The molecule has 0 aliphatic rings. The first-order chi connectivity index (χ1) is 7.58. The number of rotatable bonds is 2. The van der Waals surface area contributed by atoms with E-state index < -0.39 is 4.92 Å². The van der Waals surface area contributed by atoms with Gasteiger partial charge in [0, 0.05) is 12.6 Å². The Morgan fingerprint density at radius 3 is 2.69 bits per heavy atom. The second-order valence-corrected chi connectivity index (χ2v) is 3.61. The van der Waals surface area contributed by atoms with E-state index in [1.54, 1.807) is 11.5 Å². The number of hydrogen-bond donors (Lipinski definition) is 0. The molecule has 1 aromatic carbocycles. The predicted octanol–water partition coefficient (Wildman–Crippen LogP) is 2.40. The Kier molecular flexibility index (Phi) is 2.44. The van der Waals surface area contributed by atoms with Crippen LogP contribution in [0.1, 0.15) is 11.4 Å². The van der Waals surface area contributed by atoms with Crippen LogP contribution in [0.15, 0.2) is 30.5 Å². The minimum Gasteiger partial charge on any atom is -0.358 e. The zero-order valence-electron chi connectivity index (χ0n) is 9.04. The molecule has 0 N–H and O–H groups in total. The van der Waals surface area contributed by atoms with Crippen molar-refractivity contribution in [1.29, 1.82) is 0 Å². The van der Waals surface area contributed by atoms with Gasteiger partial charge in [0.1, 0.15) is 6.20 Å². The molecule has 0 amide bonds. The summed E-state index contributed by atoms with van der Waals surface area (Å²) >= 11 is 0. The first-order valence-electron chi connectivity index (χ1n) is 4.85. The van der Waals surface area contributed by atoms with Crippen LogP contribution in [0.4, 0.5) is 5.82 Å². The smallest absolute Gasteiger partial charge is 0.358 e. The molecule has 0 aliphatic heterocycles. The fourth-order valence-corrected chi connectivity index (χ4v) is 1.58. The van der Waals surface area contributed by atoms with Crippen molar-refractivity contribution in [3.8, 4) is 5.69 Å². The number of aromatic nitrogens is 2. The van der Waals surface area contributed by atoms with E-state index in [1.165, 1.54) is 6.20 Å². The number of imidazole rings is 1. The molecule has 2 aromatic rings. The molecule has 0 unspecified atom stereocenters. The first-order valence-corrected chi connectivity index (χ1v) is 4.85. The van der Waals surface area contributed by atoms with Gasteiger partial charge in [-0.3, -0.25) is 4.57 Å². The van der Waals surface area contributed by atoms with E-state index in [0.717, 1.165) is 11.3 Å². The standard InChI is InChI=1S/C11H11N3O2/c1-8-4-3-5-10(6-8)13-7-11(14(15)16)12-9(13)2/h3-7H,1-2H3. The summed E-state index contributed by atoms with van der Waals surface area (Å²) in [6.45, 7) is 3.72. The molecule has 0 saturated carbocycles. The molecule has 2 rings (SSSR count). The Morgan fingerprint density at radius 1 is 1.38 bits per heavy atom. The van der Waals surface area contributed by atoms with Crippen molar-refractivity contribution in [3.05, 3.63) is 52.0 Å². The number of hydrogen-bond acceptors (Lipinski definition) is 3. The van der Waals surface area contributed by atoms with Crippen LogP contribution in [-0.4, -0.2) is 14.5 Å². The van der Waals surface area contributed by atoms with Gasteiger partial charge in [-0.05, 0) is 34.5 Å². The van der Waals surface area contributed by atoms with Gasteiger partial charge in [0.25, 0.3) is 0 Å². The molecule has 0 aliphatic carbocycles. The highest BCUT2D eigenvalue weighted by atomic mass is 16.6. The summed E-state index contributed by atoms with van der Waals surface area (Å²) in [6, 6.07) is 7.74. The van der Waals surface area contributed by atoms with Crippen LogP contribution >= 0.6 is 0 Å². The zero-order chi connectivity index (χ0) is 11.7. The van der Waals surface area contributed by atoms with Crippen LogP contribution in [0.2, 0.25) is 0 Å². The summed E-state index contributed by atoms with van der Waals surface area (Å²) in [5.41, 5.74) is 1.99. The number of benzene rings is 1. The maximum absolute atomic E-state index is 10.6. The lowest BCUT2D eigenvalue weighted by Crippen LogP contribution is -1.95. The number of aryl methyl sites for hydroxylation is 2. The normalized spacial score (nSPS) is 10.4. The average molecular weight is 217 g/mol. The molecule has 0 bridgehead atoms. The molecule has 16 heavy (non-hydrogen) atoms. The monoisotopic (exact) mass is 217 g/mol. The number of nitro groups is 1. The molecule has 0 atom stereocenters. The van der Waals surface area contributed by atoms with Crippen LogP contribution in [0.3, 0.4) is 0 Å². The quantitative estimate of drug-likeness (QED) is 0.573. The van der Waals surface area contributed by atoms with E-state index in [1.807, 2.05) is 31.2 Å². The van der Waals surface area contributed by atoms with Gasteiger partial charge >= 0.3 is 5.82 Å². The molecule has 0 spiro atoms. The molecule has 0 fully saturated rings. The predicted molar refractivity (Wildman–Crippen MR) is 59.7 cm³/mol. The van der Waals surface area contributed by atoms with Gasteiger partial charge < -0.3 is 10.1 Å². The fourth-order valence-electron chi connectivity index (χ4n) is 1.58. The van der Waals surface area contributed by atoms with Gasteiger partial charge in [0.2, 0.25) is 5.82 Å². The fraction of sp³-hybridized carbons (Fsp3) is 0.182. The zero-order valence-corrected chi connectivity index (χ0v) is 9.04. The highest BCUT2D eigenvalue weighted by Crippen LogP contribution is 2.17. The molecule has 0 saturated heterocycles. The van der Waals surface area contributed by atoms with Crippen molar-refractivity contribution in [3.63, 3.8) is 0 Å². The van der Waals surface area contributed by atoms with Gasteiger partial charge in [-0.1, -0.05) is 12.1 Å². The Balaban J connectivity index is 2.52. The molecule has 82 valence electrons. The molecular formula is C11H11N3O2. The number of nitrogens with zero attached hydrogens (tertiary/aromatic N) is 3. The lowest BCUT2D eigenvalue weighted by atomic mass is 10.2. The van der Waals surface area contributed by atoms with Crippen molar-refractivity contribution in [2.75, 3.05) is 0 Å². The molecule has 5 nitrogen and oxygen atoms in total. The van der Waals surface area contributed by atoms with Gasteiger partial charge in [0.05, 0.1) is 0 Å². The Labute approximate surface area is 92.5 Å². The minimum atomic E-state index is -0.487. The lowest BCUT2D eigenvalue weighted by molar-refractivity contribution is -0.389. The van der Waals surface area contributed by atoms with Gasteiger partial charge in [-0.15, -0.1) is 0 Å². The lowest BCUT2D eigenvalue weighted by Gasteiger charge is -2.02. The molecule has 1 heterocycles. The Hall–Kier alpha value is -2.17. The molecular weight excluding hydrogens is 206 g/mol. The van der Waals surface area contributed by atoms with Crippen molar-refractivity contribution >= 4 is 5.82 Å². The summed E-state index contributed by atoms with van der Waals surface area (Å²) in [7, 11) is 0. The maximum Gasteiger partial charge on any atom is 0.382 e. The van der Waals surface area contributed by atoms with E-state index in [4.69, 9.17) is 0 Å². The highest BCUT2D eigenvalue weighted by molar-refractivity contribution is 5.38. The van der Waals surface area contributed by atoms with Gasteiger partial charge in [-0.25, -0.2) is 0 Å². The van der Waals surface area contributed by atoms with Gasteiger partial charge in [0.15, 0.2) is 0 Å². The minimum absolute atomic E-state index is 0.126. The topological polar surface area (TPSA) is 61.0 Å². The van der Waals surface area contributed by atoms with E-state index in [0.29, 0.717) is 5.82 Å². The van der Waals surface area contributed by atoms with Crippen LogP contribution in [0, 0.1) is 24.0 Å². The van der Waals surface area contributed by atoms with E-state index in [9.17, 15) is 10.1 Å². The Bertz CT molecular complexity index is 546. The Morgan fingerprint density at radius 2 is 2.12 bits per heavy atom. The highest BCUT2D eigenvalue weighted by Gasteiger charge is 2.15. The van der Waals surface area contributed by atoms with Crippen LogP contribution < -0.4 is 0 Å². The summed E-state index contributed by atoms with van der Waals surface area (Å²) in [5.74, 6) is 0.483. The largest absolute Gasteiger partial charge is 0.382 e. The van der Waals surface area contributed by atoms with Crippen LogP contribution in [0.25, 0.3) is 5.69 Å². The molecule has 1 aromatic heterocycles. The third-order valence-electron chi connectivity index (χ3n) is 2.34. The maximum atomic E-state index is 10.6. The second-order valence-electron chi connectivity index (χ2n) is 3.61. The average Bonchev–Trinajstić information content (AvgIpc) is 2.60. The molecule has 0 radical (unpaired) electrons. The van der Waals surface area contributed by atoms with E-state index in [-0.39, 0.29) is 5.82 Å². The van der Waals surface area contributed by atoms with Crippen molar-refractivity contribution < 1.29 is 4.92 Å². The van der Waals surface area contributed by atoms with Crippen molar-refractivity contribution in [2.45, 2.75) is 13.8 Å². The third kappa shape index (κ3) is 1.79.